The maximum absolute atomic E-state index is 7.32. The second-order valence-corrected chi connectivity index (χ2v) is 27.6. The first kappa shape index (κ1) is 23.7. The van der Waals surface area contributed by atoms with Gasteiger partial charge in [-0.1, -0.05) is 0 Å². The van der Waals surface area contributed by atoms with Gasteiger partial charge in [-0.25, -0.2) is 0 Å². The van der Waals surface area contributed by atoms with Gasteiger partial charge in [0.25, 0.3) is 0 Å². The molecule has 0 saturated carbocycles. The van der Waals surface area contributed by atoms with E-state index in [1.807, 2.05) is 0 Å². The monoisotopic (exact) mass is 366 g/mol. The minimum absolute atomic E-state index is 1.19. The molecule has 0 saturated heterocycles. The van der Waals surface area contributed by atoms with Crippen LogP contribution in [0.25, 0.3) is 0 Å². The molecule has 1 rings (SSSR count). The normalized spacial score (nSPS) is 14.6. The fourth-order valence-electron chi connectivity index (χ4n) is 1.03. The van der Waals surface area contributed by atoms with Crippen LogP contribution >= 0.6 is 0 Å². The van der Waals surface area contributed by atoms with Crippen LogP contribution in [0.15, 0.2) is 22.4 Å². The van der Waals surface area contributed by atoms with Gasteiger partial charge in [-0.05, 0) is 0 Å². The molecular weight excluding hydrogens is 337 g/mol. The van der Waals surface area contributed by atoms with Gasteiger partial charge < -0.3 is 0 Å². The topological polar surface area (TPSA) is 71.4 Å². The van der Waals surface area contributed by atoms with Crippen molar-refractivity contribution in [3.8, 4) is 18.2 Å². The van der Waals surface area contributed by atoms with Crippen molar-refractivity contribution in [1.29, 1.82) is 15.8 Å². The molecule has 0 fully saturated rings. The molecule has 0 aliphatic heterocycles. The molecule has 0 heterocycles. The average molecular weight is 366 g/mol. The molecular formula is C16H29N3Rh. The molecule has 0 bridgehead atoms. The number of hydrogen-bond acceptors (Lipinski definition) is 3. The Balaban J connectivity index is -0.000000268. The summed E-state index contributed by atoms with van der Waals surface area (Å²) >= 11 is -2.40. The van der Waals surface area contributed by atoms with E-state index >= 15 is 0 Å². The SMILES string of the molecule is CC#N.CC#N.CC#N.[CH3][Rh]([CH3])([CH3])([CH3])([CH3])[C]1=CC=CC1. The van der Waals surface area contributed by atoms with Gasteiger partial charge in [0.15, 0.2) is 0 Å². The number of allylic oxidation sites excluding steroid dienone is 4. The summed E-state index contributed by atoms with van der Waals surface area (Å²) in [5.41, 5.74) is 12.3. The molecule has 1 aliphatic carbocycles. The number of nitrogens with zero attached hydrogens (tertiary/aromatic N) is 3. The Hall–Kier alpha value is -1.43. The van der Waals surface area contributed by atoms with E-state index in [-0.39, 0.29) is 0 Å². The Morgan fingerprint density at radius 3 is 1.25 bits per heavy atom. The maximum atomic E-state index is 7.32. The molecule has 0 spiro atoms. The Kier molecular flexibility index (Phi) is 10.3. The van der Waals surface area contributed by atoms with E-state index in [0.29, 0.717) is 0 Å². The zero-order chi connectivity index (χ0) is 16.9. The van der Waals surface area contributed by atoms with Gasteiger partial charge in [-0.3, -0.25) is 0 Å². The molecule has 117 valence electrons. The van der Waals surface area contributed by atoms with Crippen LogP contribution in [-0.4, -0.2) is 0 Å². The number of rotatable bonds is 1. The fraction of sp³-hybridized carbons (Fsp3) is 0.562. The first-order valence-electron chi connectivity index (χ1n) is 5.72. The van der Waals surface area contributed by atoms with E-state index in [9.17, 15) is 0 Å². The van der Waals surface area contributed by atoms with E-state index in [1.54, 1.807) is 22.4 Å². The quantitative estimate of drug-likeness (QED) is 0.544. The van der Waals surface area contributed by atoms with Crippen LogP contribution in [0, 0.1) is 34.0 Å². The molecule has 0 aromatic rings. The van der Waals surface area contributed by atoms with Gasteiger partial charge in [-0.15, -0.1) is 0 Å². The van der Waals surface area contributed by atoms with Crippen LogP contribution < -0.4 is 0 Å². The molecule has 0 atom stereocenters. The van der Waals surface area contributed by atoms with Crippen LogP contribution in [0.3, 0.4) is 0 Å². The standard InChI is InChI=1S/C5H5.3C2H3N.5CH3.Rh/c1-2-4-5-3-1;3*1-2-3;;;;;;/h1-3H,4H2;3*1H3;5*1H3;. The number of hydrogen-bond donors (Lipinski definition) is 0. The van der Waals surface area contributed by atoms with Crippen LogP contribution in [-0.2, 0) is 12.4 Å². The van der Waals surface area contributed by atoms with Crippen LogP contribution in [0.5, 0.6) is 0 Å². The van der Waals surface area contributed by atoms with Gasteiger partial charge in [0.2, 0.25) is 0 Å². The molecule has 3 nitrogen and oxygen atoms in total. The van der Waals surface area contributed by atoms with E-state index in [1.165, 1.54) is 27.2 Å². The van der Waals surface area contributed by atoms with Crippen molar-refractivity contribution in [1.82, 2.24) is 0 Å². The average Bonchev–Trinajstić information content (AvgIpc) is 2.71. The van der Waals surface area contributed by atoms with E-state index in [4.69, 9.17) is 15.8 Å². The van der Waals surface area contributed by atoms with Gasteiger partial charge in [0.1, 0.15) is 0 Å². The predicted octanol–water partition coefficient (Wildman–Crippen LogP) is 5.89. The summed E-state index contributed by atoms with van der Waals surface area (Å²) in [5, 5.41) is 22.0. The summed E-state index contributed by atoms with van der Waals surface area (Å²) in [6, 6.07) is 5.25. The van der Waals surface area contributed by atoms with Gasteiger partial charge in [0.05, 0.1) is 18.2 Å². The fourth-order valence-corrected chi connectivity index (χ4v) is 4.42. The second kappa shape index (κ2) is 8.69. The summed E-state index contributed by atoms with van der Waals surface area (Å²) in [4.78, 5) is 0. The van der Waals surface area contributed by atoms with Gasteiger partial charge >= 0.3 is 68.8 Å². The molecule has 4 heteroatoms. The first-order chi connectivity index (χ1) is 8.84. The van der Waals surface area contributed by atoms with E-state index in [2.05, 4.69) is 45.8 Å². The summed E-state index contributed by atoms with van der Waals surface area (Å²) < 4.78 is 1.68. The van der Waals surface area contributed by atoms with Crippen molar-refractivity contribution in [3.05, 3.63) is 22.4 Å². The molecule has 0 aromatic heterocycles. The van der Waals surface area contributed by atoms with Crippen LogP contribution in [0.4, 0.5) is 0 Å². The third-order valence-electron chi connectivity index (χ3n) is 1.78. The molecule has 0 amide bonds. The third-order valence-corrected chi connectivity index (χ3v) is 7.65. The zero-order valence-electron chi connectivity index (χ0n) is 14.1. The number of nitriles is 3. The second-order valence-electron chi connectivity index (χ2n) is 6.05. The molecule has 0 aromatic carbocycles. The van der Waals surface area contributed by atoms with Gasteiger partial charge in [-0.2, -0.15) is 15.8 Å². The first-order valence-corrected chi connectivity index (χ1v) is 14.7. The Morgan fingerprint density at radius 1 is 0.850 bits per heavy atom. The predicted molar refractivity (Wildman–Crippen MR) is 85.0 cm³/mol. The van der Waals surface area contributed by atoms with Crippen molar-refractivity contribution in [2.75, 3.05) is 0 Å². The zero-order valence-corrected chi connectivity index (χ0v) is 15.8. The van der Waals surface area contributed by atoms with Crippen molar-refractivity contribution >= 4 is 0 Å². The third kappa shape index (κ3) is 16.6. The summed E-state index contributed by atoms with van der Waals surface area (Å²) in [5.74, 6) is 0. The minimum atomic E-state index is -2.40. The molecule has 0 N–H and O–H groups in total. The van der Waals surface area contributed by atoms with Crippen LogP contribution in [0.2, 0.25) is 27.6 Å². The van der Waals surface area contributed by atoms with Crippen molar-refractivity contribution in [2.24, 2.45) is 0 Å². The van der Waals surface area contributed by atoms with Crippen LogP contribution in [0.1, 0.15) is 27.2 Å². The Labute approximate surface area is 123 Å². The van der Waals surface area contributed by atoms with E-state index in [0.717, 1.165) is 0 Å². The van der Waals surface area contributed by atoms with Crippen molar-refractivity contribution in [3.63, 3.8) is 0 Å². The van der Waals surface area contributed by atoms with Crippen molar-refractivity contribution in [2.45, 2.75) is 54.8 Å². The van der Waals surface area contributed by atoms with Crippen molar-refractivity contribution < 1.29 is 12.4 Å². The van der Waals surface area contributed by atoms with E-state index < -0.39 is 12.4 Å². The summed E-state index contributed by atoms with van der Waals surface area (Å²) in [7, 11) is 0. The Morgan fingerprint density at radius 2 is 1.15 bits per heavy atom. The van der Waals surface area contributed by atoms with Gasteiger partial charge in [0, 0.05) is 20.8 Å². The summed E-state index contributed by atoms with van der Waals surface area (Å²) in [6.07, 6.45) is 7.96. The molecule has 0 radical (unpaired) electrons. The molecule has 20 heavy (non-hydrogen) atoms. The molecule has 1 aliphatic rings. The Bertz CT molecular complexity index is 428. The molecule has 0 unspecified atom stereocenters. The summed E-state index contributed by atoms with van der Waals surface area (Å²) in [6.45, 7) is 4.29.